The first-order valence-electron chi connectivity index (χ1n) is 9.20. The van der Waals surface area contributed by atoms with Crippen LogP contribution in [-0.4, -0.2) is 17.3 Å². The zero-order valence-corrected chi connectivity index (χ0v) is 17.4. The SMILES string of the molecule is CC1(C)CC(=O)C([C@H](CC(=O)c2cccc[n+]2[O-])c2ccc(Br)cc2)C(=O)C1. The van der Waals surface area contributed by atoms with E-state index in [1.165, 1.54) is 12.3 Å². The van der Waals surface area contributed by atoms with Gasteiger partial charge in [0.2, 0.25) is 5.78 Å². The van der Waals surface area contributed by atoms with Crippen molar-refractivity contribution < 1.29 is 19.1 Å². The summed E-state index contributed by atoms with van der Waals surface area (Å²) in [5.41, 5.74) is 0.396. The van der Waals surface area contributed by atoms with Crippen LogP contribution in [0.3, 0.4) is 0 Å². The van der Waals surface area contributed by atoms with Crippen molar-refractivity contribution in [2.75, 3.05) is 0 Å². The van der Waals surface area contributed by atoms with Crippen molar-refractivity contribution in [2.24, 2.45) is 11.3 Å². The number of Topliss-reactive ketones (excluding diaryl/α,β-unsaturated/α-hetero) is 3. The van der Waals surface area contributed by atoms with Gasteiger partial charge in [-0.3, -0.25) is 14.4 Å². The fraction of sp³-hybridized carbons (Fsp3) is 0.364. The summed E-state index contributed by atoms with van der Waals surface area (Å²) < 4.78 is 1.39. The van der Waals surface area contributed by atoms with Crippen molar-refractivity contribution in [2.45, 2.75) is 39.0 Å². The minimum atomic E-state index is -0.859. The molecule has 28 heavy (non-hydrogen) atoms. The molecule has 1 aliphatic carbocycles. The lowest BCUT2D eigenvalue weighted by atomic mass is 9.65. The number of carbonyl (C=O) groups is 3. The molecular formula is C22H22BrNO4. The first kappa shape index (κ1) is 20.4. The molecule has 1 atom stereocenters. The quantitative estimate of drug-likeness (QED) is 0.302. The second kappa shape index (κ2) is 7.95. The summed E-state index contributed by atoms with van der Waals surface area (Å²) >= 11 is 3.38. The molecule has 0 amide bonds. The number of hydrogen-bond acceptors (Lipinski definition) is 4. The maximum absolute atomic E-state index is 12.9. The molecule has 146 valence electrons. The number of rotatable bonds is 5. The van der Waals surface area contributed by atoms with Gasteiger partial charge in [-0.2, -0.15) is 4.73 Å². The van der Waals surface area contributed by atoms with Gasteiger partial charge in [-0.1, -0.05) is 41.9 Å². The minimum absolute atomic E-state index is 0.0145. The molecule has 0 saturated heterocycles. The molecule has 1 fully saturated rings. The van der Waals surface area contributed by atoms with Crippen LogP contribution in [0.15, 0.2) is 53.1 Å². The minimum Gasteiger partial charge on any atom is -0.618 e. The third-order valence-electron chi connectivity index (χ3n) is 5.21. The number of carbonyl (C=O) groups excluding carboxylic acids is 3. The highest BCUT2D eigenvalue weighted by molar-refractivity contribution is 9.10. The Bertz CT molecular complexity index is 900. The van der Waals surface area contributed by atoms with Gasteiger partial charge in [-0.05, 0) is 29.2 Å². The van der Waals surface area contributed by atoms with Crippen LogP contribution in [-0.2, 0) is 9.59 Å². The lowest BCUT2D eigenvalue weighted by Crippen LogP contribution is -2.42. The maximum Gasteiger partial charge on any atom is 0.259 e. The number of aromatic nitrogens is 1. The molecule has 5 nitrogen and oxygen atoms in total. The van der Waals surface area contributed by atoms with Gasteiger partial charge in [0.05, 0.1) is 5.92 Å². The molecule has 0 N–H and O–H groups in total. The zero-order valence-electron chi connectivity index (χ0n) is 15.9. The first-order valence-corrected chi connectivity index (χ1v) is 9.99. The van der Waals surface area contributed by atoms with Crippen LogP contribution in [0.1, 0.15) is 55.1 Å². The maximum atomic E-state index is 12.9. The van der Waals surface area contributed by atoms with Crippen molar-refractivity contribution >= 4 is 33.3 Å². The van der Waals surface area contributed by atoms with Gasteiger partial charge >= 0.3 is 0 Å². The van der Waals surface area contributed by atoms with Crippen molar-refractivity contribution in [3.63, 3.8) is 0 Å². The van der Waals surface area contributed by atoms with Crippen molar-refractivity contribution in [1.29, 1.82) is 0 Å². The Balaban J connectivity index is 1.97. The molecule has 1 aromatic carbocycles. The Labute approximate surface area is 172 Å². The van der Waals surface area contributed by atoms with Crippen LogP contribution in [0.5, 0.6) is 0 Å². The van der Waals surface area contributed by atoms with E-state index in [0.717, 1.165) is 10.0 Å². The molecule has 1 heterocycles. The number of ketones is 3. The monoisotopic (exact) mass is 443 g/mol. The largest absolute Gasteiger partial charge is 0.618 e. The molecule has 1 aromatic heterocycles. The molecule has 1 aliphatic rings. The normalized spacial score (nSPS) is 18.1. The summed E-state index contributed by atoms with van der Waals surface area (Å²) in [4.78, 5) is 38.6. The Morgan fingerprint density at radius 3 is 2.32 bits per heavy atom. The van der Waals surface area contributed by atoms with Crippen molar-refractivity contribution in [3.05, 3.63) is 69.6 Å². The number of hydrogen-bond donors (Lipinski definition) is 0. The van der Waals surface area contributed by atoms with Gasteiger partial charge < -0.3 is 5.21 Å². The summed E-state index contributed by atoms with van der Waals surface area (Å²) in [5, 5.41) is 12.0. The standard InChI is InChI=1S/C22H22BrNO4/c1-22(2)12-19(26)21(20(27)13-22)16(14-6-8-15(23)9-7-14)11-18(25)17-5-3-4-10-24(17)28/h3-10,16,21H,11-13H2,1-2H3/t16-/m1/s1. The number of benzene rings is 1. The van der Waals surface area contributed by atoms with Crippen molar-refractivity contribution in [3.8, 4) is 0 Å². The number of halogens is 1. The van der Waals surface area contributed by atoms with Gasteiger partial charge in [0.1, 0.15) is 11.6 Å². The number of nitrogens with zero attached hydrogens (tertiary/aromatic N) is 1. The highest BCUT2D eigenvalue weighted by atomic mass is 79.9. The first-order chi connectivity index (χ1) is 13.2. The second-order valence-electron chi connectivity index (χ2n) is 8.13. The van der Waals surface area contributed by atoms with E-state index in [4.69, 9.17) is 0 Å². The second-order valence-corrected chi connectivity index (χ2v) is 9.04. The molecule has 0 spiro atoms. The van der Waals surface area contributed by atoms with Gasteiger partial charge in [-0.15, -0.1) is 0 Å². The lowest BCUT2D eigenvalue weighted by Gasteiger charge is -2.35. The molecule has 0 unspecified atom stereocenters. The predicted molar refractivity (Wildman–Crippen MR) is 108 cm³/mol. The Morgan fingerprint density at radius 2 is 1.75 bits per heavy atom. The van der Waals surface area contributed by atoms with E-state index in [2.05, 4.69) is 15.9 Å². The fourth-order valence-corrected chi connectivity index (χ4v) is 4.21. The van der Waals surface area contributed by atoms with E-state index in [0.29, 0.717) is 17.6 Å². The summed E-state index contributed by atoms with van der Waals surface area (Å²) in [6.07, 6.45) is 1.80. The summed E-state index contributed by atoms with van der Waals surface area (Å²) in [5.74, 6) is -2.09. The number of pyridine rings is 1. The van der Waals surface area contributed by atoms with Crippen LogP contribution >= 0.6 is 15.9 Å². The smallest absolute Gasteiger partial charge is 0.259 e. The topological polar surface area (TPSA) is 78.2 Å². The van der Waals surface area contributed by atoms with Crippen LogP contribution in [0.25, 0.3) is 0 Å². The third kappa shape index (κ3) is 4.38. The Morgan fingerprint density at radius 1 is 1.14 bits per heavy atom. The summed E-state index contributed by atoms with van der Waals surface area (Å²) in [7, 11) is 0. The van der Waals surface area contributed by atoms with E-state index in [1.807, 2.05) is 38.1 Å². The van der Waals surface area contributed by atoms with E-state index >= 15 is 0 Å². The van der Waals surface area contributed by atoms with Crippen LogP contribution in [0, 0.1) is 16.5 Å². The van der Waals surface area contributed by atoms with Gasteiger partial charge in [-0.25, -0.2) is 0 Å². The molecule has 0 radical (unpaired) electrons. The molecule has 0 bridgehead atoms. The van der Waals surface area contributed by atoms with Crippen LogP contribution < -0.4 is 4.73 Å². The predicted octanol–water partition coefficient (Wildman–Crippen LogP) is 4.01. The molecule has 6 heteroatoms. The Kier molecular flexibility index (Phi) is 5.79. The average Bonchev–Trinajstić information content (AvgIpc) is 2.60. The lowest BCUT2D eigenvalue weighted by molar-refractivity contribution is -0.607. The van der Waals surface area contributed by atoms with Crippen LogP contribution in [0.2, 0.25) is 0 Å². The van der Waals surface area contributed by atoms with Gasteiger partial charge in [0.15, 0.2) is 6.20 Å². The van der Waals surface area contributed by atoms with E-state index in [9.17, 15) is 19.6 Å². The van der Waals surface area contributed by atoms with Gasteiger partial charge in [0, 0.05) is 41.8 Å². The molecule has 0 aliphatic heterocycles. The molecule has 2 aromatic rings. The van der Waals surface area contributed by atoms with Crippen molar-refractivity contribution in [1.82, 2.24) is 0 Å². The molecule has 3 rings (SSSR count). The summed E-state index contributed by atoms with van der Waals surface area (Å²) in [6, 6.07) is 11.9. The van der Waals surface area contributed by atoms with E-state index in [1.54, 1.807) is 12.1 Å². The van der Waals surface area contributed by atoms with E-state index in [-0.39, 0.29) is 34.9 Å². The van der Waals surface area contributed by atoms with Gasteiger partial charge in [0.25, 0.3) is 5.69 Å². The highest BCUT2D eigenvalue weighted by Gasteiger charge is 2.44. The van der Waals surface area contributed by atoms with Crippen LogP contribution in [0.4, 0.5) is 0 Å². The Hall–Kier alpha value is -2.34. The third-order valence-corrected chi connectivity index (χ3v) is 5.74. The highest BCUT2D eigenvalue weighted by Crippen LogP contribution is 2.41. The average molecular weight is 444 g/mol. The molecule has 1 saturated carbocycles. The molecular weight excluding hydrogens is 422 g/mol. The zero-order chi connectivity index (χ0) is 20.5. The van der Waals surface area contributed by atoms with E-state index < -0.39 is 11.8 Å². The summed E-state index contributed by atoms with van der Waals surface area (Å²) in [6.45, 7) is 3.81. The fourth-order valence-electron chi connectivity index (χ4n) is 3.94.